The number of carbonyl (C=O) groups is 1. The molecule has 5 heteroatoms. The summed E-state index contributed by atoms with van der Waals surface area (Å²) in [6.07, 6.45) is 0. The average molecular weight is 263 g/mol. The highest BCUT2D eigenvalue weighted by molar-refractivity contribution is 6.25. The summed E-state index contributed by atoms with van der Waals surface area (Å²) in [4.78, 5) is 11.7. The summed E-state index contributed by atoms with van der Waals surface area (Å²) in [5.41, 5.74) is 0.283. The first-order chi connectivity index (χ1) is 9.01. The molecule has 0 aliphatic carbocycles. The highest BCUT2D eigenvalue weighted by atomic mass is 16.5. The quantitative estimate of drug-likeness (QED) is 0.370. The van der Waals surface area contributed by atoms with E-state index in [4.69, 9.17) is 14.9 Å². The molecule has 0 heterocycles. The number of nitrogens with one attached hydrogen (secondary N) is 1. The highest BCUT2D eigenvalue weighted by Crippen LogP contribution is 2.17. The molecule has 1 aromatic carbocycles. The Labute approximate surface area is 112 Å². The number of hydrogen-bond acceptors (Lipinski definition) is 5. The molecular weight excluding hydrogens is 246 g/mol. The third-order valence-corrected chi connectivity index (χ3v) is 2.47. The van der Waals surface area contributed by atoms with E-state index in [0.29, 0.717) is 11.3 Å². The molecule has 0 spiro atoms. The van der Waals surface area contributed by atoms with Gasteiger partial charge in [0.2, 0.25) is 0 Å². The van der Waals surface area contributed by atoms with Crippen molar-refractivity contribution in [2.45, 2.75) is 13.8 Å². The molecule has 0 unspecified atom stereocenters. The molecule has 0 aliphatic rings. The van der Waals surface area contributed by atoms with E-state index in [-0.39, 0.29) is 23.7 Å². The first-order valence-corrected chi connectivity index (χ1v) is 5.81. The van der Waals surface area contributed by atoms with Gasteiger partial charge in [-0.05, 0) is 38.1 Å². The third-order valence-electron chi connectivity index (χ3n) is 2.47. The van der Waals surface area contributed by atoms with Gasteiger partial charge in [-0.3, -0.25) is 5.41 Å². The molecule has 1 rings (SSSR count). The van der Waals surface area contributed by atoms with Crippen LogP contribution in [0, 0.1) is 5.41 Å². The Kier molecular flexibility index (Phi) is 5.11. The van der Waals surface area contributed by atoms with Crippen LogP contribution in [0.15, 0.2) is 35.6 Å². The van der Waals surface area contributed by atoms with Crippen molar-refractivity contribution in [3.05, 3.63) is 41.2 Å². The van der Waals surface area contributed by atoms with E-state index < -0.39 is 5.97 Å². The van der Waals surface area contributed by atoms with Gasteiger partial charge in [-0.1, -0.05) is 0 Å². The SMILES string of the molecule is CCOC(=O)/C(C(=N)c1ccc(OC)cc1)=C(/C)O. The molecular formula is C14H17NO4. The molecule has 0 radical (unpaired) electrons. The molecule has 2 N–H and O–H groups in total. The summed E-state index contributed by atoms with van der Waals surface area (Å²) in [6, 6.07) is 6.64. The largest absolute Gasteiger partial charge is 0.512 e. The second-order valence-corrected chi connectivity index (χ2v) is 3.78. The number of benzene rings is 1. The lowest BCUT2D eigenvalue weighted by Crippen LogP contribution is -2.18. The zero-order chi connectivity index (χ0) is 14.4. The Morgan fingerprint density at radius 1 is 1.32 bits per heavy atom. The minimum atomic E-state index is -0.705. The van der Waals surface area contributed by atoms with Crippen molar-refractivity contribution >= 4 is 11.7 Å². The second kappa shape index (κ2) is 6.58. The van der Waals surface area contributed by atoms with Gasteiger partial charge >= 0.3 is 5.97 Å². The van der Waals surface area contributed by atoms with E-state index in [1.165, 1.54) is 6.92 Å². The van der Waals surface area contributed by atoms with Crippen molar-refractivity contribution in [3.8, 4) is 5.75 Å². The van der Waals surface area contributed by atoms with Crippen LogP contribution in [-0.4, -0.2) is 30.5 Å². The Bertz CT molecular complexity index is 499. The monoisotopic (exact) mass is 263 g/mol. The molecule has 0 fully saturated rings. The molecule has 0 amide bonds. The molecule has 1 aromatic rings. The van der Waals surface area contributed by atoms with Crippen LogP contribution in [0.2, 0.25) is 0 Å². The summed E-state index contributed by atoms with van der Waals surface area (Å²) in [7, 11) is 1.54. The van der Waals surface area contributed by atoms with Crippen LogP contribution in [-0.2, 0) is 9.53 Å². The molecule has 0 saturated heterocycles. The van der Waals surface area contributed by atoms with Gasteiger partial charge in [0.15, 0.2) is 0 Å². The maximum atomic E-state index is 11.7. The predicted molar refractivity (Wildman–Crippen MR) is 71.8 cm³/mol. The fourth-order valence-electron chi connectivity index (χ4n) is 1.54. The van der Waals surface area contributed by atoms with E-state index in [0.717, 1.165) is 0 Å². The summed E-state index contributed by atoms with van der Waals surface area (Å²) in [5.74, 6) is -0.290. The van der Waals surface area contributed by atoms with Gasteiger partial charge in [-0.15, -0.1) is 0 Å². The van der Waals surface area contributed by atoms with Crippen LogP contribution in [0.3, 0.4) is 0 Å². The highest BCUT2D eigenvalue weighted by Gasteiger charge is 2.20. The lowest BCUT2D eigenvalue weighted by Gasteiger charge is -2.10. The normalized spacial score (nSPS) is 11.5. The van der Waals surface area contributed by atoms with Crippen molar-refractivity contribution in [3.63, 3.8) is 0 Å². The second-order valence-electron chi connectivity index (χ2n) is 3.78. The lowest BCUT2D eigenvalue weighted by molar-refractivity contribution is -0.138. The first kappa shape index (κ1) is 14.8. The molecule has 19 heavy (non-hydrogen) atoms. The van der Waals surface area contributed by atoms with E-state index in [9.17, 15) is 9.90 Å². The molecule has 0 bridgehead atoms. The summed E-state index contributed by atoms with van der Waals surface area (Å²) < 4.78 is 9.85. The van der Waals surface area contributed by atoms with Gasteiger partial charge in [0.05, 0.1) is 19.4 Å². The van der Waals surface area contributed by atoms with Gasteiger partial charge < -0.3 is 14.6 Å². The summed E-state index contributed by atoms with van der Waals surface area (Å²) in [6.45, 7) is 3.20. The maximum Gasteiger partial charge on any atom is 0.343 e. The molecule has 0 saturated carbocycles. The standard InChI is InChI=1S/C14H17NO4/c1-4-19-14(17)12(9(2)16)13(15)10-5-7-11(18-3)8-6-10/h5-8,15-16H,4H2,1-3H3/b12-9-,15-13?. The smallest absolute Gasteiger partial charge is 0.343 e. The van der Waals surface area contributed by atoms with Gasteiger partial charge in [-0.2, -0.15) is 0 Å². The fraction of sp³-hybridized carbons (Fsp3) is 0.286. The van der Waals surface area contributed by atoms with Crippen LogP contribution >= 0.6 is 0 Å². The van der Waals surface area contributed by atoms with Crippen LogP contribution in [0.5, 0.6) is 5.75 Å². The van der Waals surface area contributed by atoms with Gasteiger partial charge in [-0.25, -0.2) is 4.79 Å². The minimum Gasteiger partial charge on any atom is -0.512 e. The number of carbonyl (C=O) groups excluding carboxylic acids is 1. The van der Waals surface area contributed by atoms with E-state index in [1.807, 2.05) is 0 Å². The zero-order valence-electron chi connectivity index (χ0n) is 11.2. The molecule has 0 aromatic heterocycles. The third kappa shape index (κ3) is 3.58. The average Bonchev–Trinajstić information content (AvgIpc) is 2.38. The molecule has 0 atom stereocenters. The summed E-state index contributed by atoms with van der Waals surface area (Å²) >= 11 is 0. The van der Waals surface area contributed by atoms with Gasteiger partial charge in [0, 0.05) is 5.56 Å². The Morgan fingerprint density at radius 2 is 1.89 bits per heavy atom. The number of allylic oxidation sites excluding steroid dienone is 1. The molecule has 102 valence electrons. The number of rotatable bonds is 5. The number of aliphatic hydroxyl groups is 1. The Balaban J connectivity index is 3.07. The van der Waals surface area contributed by atoms with Crippen LogP contribution < -0.4 is 4.74 Å². The minimum absolute atomic E-state index is 0.0823. The first-order valence-electron chi connectivity index (χ1n) is 5.81. The summed E-state index contributed by atoms with van der Waals surface area (Å²) in [5, 5.41) is 17.5. The van der Waals surface area contributed by atoms with Crippen molar-refractivity contribution in [2.24, 2.45) is 0 Å². The zero-order valence-corrected chi connectivity index (χ0v) is 11.2. The number of methoxy groups -OCH3 is 1. The molecule has 5 nitrogen and oxygen atoms in total. The van der Waals surface area contributed by atoms with Crippen molar-refractivity contribution in [1.29, 1.82) is 5.41 Å². The van der Waals surface area contributed by atoms with Gasteiger partial charge in [0.1, 0.15) is 17.1 Å². The van der Waals surface area contributed by atoms with E-state index in [2.05, 4.69) is 0 Å². The Hall–Kier alpha value is -2.30. The predicted octanol–water partition coefficient (Wildman–Crippen LogP) is 2.46. The van der Waals surface area contributed by atoms with E-state index in [1.54, 1.807) is 38.3 Å². The number of hydrogen-bond donors (Lipinski definition) is 2. The van der Waals surface area contributed by atoms with Gasteiger partial charge in [0.25, 0.3) is 0 Å². The van der Waals surface area contributed by atoms with Crippen LogP contribution in [0.25, 0.3) is 0 Å². The number of esters is 1. The maximum absolute atomic E-state index is 11.7. The van der Waals surface area contributed by atoms with E-state index >= 15 is 0 Å². The van der Waals surface area contributed by atoms with Crippen molar-refractivity contribution < 1.29 is 19.4 Å². The van der Waals surface area contributed by atoms with Crippen molar-refractivity contribution in [2.75, 3.05) is 13.7 Å². The topological polar surface area (TPSA) is 79.6 Å². The molecule has 0 aliphatic heterocycles. The van der Waals surface area contributed by atoms with Crippen LogP contribution in [0.1, 0.15) is 19.4 Å². The Morgan fingerprint density at radius 3 is 2.32 bits per heavy atom. The number of aliphatic hydroxyl groups excluding tert-OH is 1. The van der Waals surface area contributed by atoms with Crippen LogP contribution in [0.4, 0.5) is 0 Å². The number of ether oxygens (including phenoxy) is 2. The van der Waals surface area contributed by atoms with Crippen molar-refractivity contribution in [1.82, 2.24) is 0 Å². The fourth-order valence-corrected chi connectivity index (χ4v) is 1.54. The lowest BCUT2D eigenvalue weighted by atomic mass is 10.0.